The summed E-state index contributed by atoms with van der Waals surface area (Å²) in [4.78, 5) is 48.7. The normalized spacial score (nSPS) is 31.2. The monoisotopic (exact) mass is 567 g/mol. The maximum absolute atomic E-state index is 12.1. The number of ether oxygens (including phenoxy) is 4. The quantitative estimate of drug-likeness (QED) is 0.372. The molecule has 0 aromatic rings. The molecule has 0 spiro atoms. The molecule has 37 heavy (non-hydrogen) atoms. The lowest BCUT2D eigenvalue weighted by atomic mass is 10.1. The lowest BCUT2D eigenvalue weighted by Gasteiger charge is -2.36. The van der Waals surface area contributed by atoms with Gasteiger partial charge in [0.1, 0.15) is 6.04 Å². The minimum absolute atomic E-state index is 0. The summed E-state index contributed by atoms with van der Waals surface area (Å²) in [6, 6.07) is -0.558. The first-order valence-corrected chi connectivity index (χ1v) is 14.6. The summed E-state index contributed by atoms with van der Waals surface area (Å²) in [5.74, 6) is 1.30. The zero-order valence-corrected chi connectivity index (χ0v) is 24.2. The Morgan fingerprint density at radius 3 is 2.35 bits per heavy atom. The first kappa shape index (κ1) is 31.8. The lowest BCUT2D eigenvalue weighted by molar-refractivity contribution is -0.177. The molecule has 6 unspecified atom stereocenters. The fourth-order valence-electron chi connectivity index (χ4n) is 4.40. The van der Waals surface area contributed by atoms with E-state index in [-0.39, 0.29) is 61.6 Å². The summed E-state index contributed by atoms with van der Waals surface area (Å²) >= 11 is 3.28. The van der Waals surface area contributed by atoms with Crippen molar-refractivity contribution >= 4 is 47.2 Å². The topological polar surface area (TPSA) is 124 Å². The molecule has 216 valence electrons. The van der Waals surface area contributed by atoms with Crippen LogP contribution in [0.15, 0.2) is 0 Å². The van der Waals surface area contributed by atoms with Crippen molar-refractivity contribution < 1.29 is 41.0 Å². The summed E-state index contributed by atoms with van der Waals surface area (Å²) in [7, 11) is 8.05. The maximum atomic E-state index is 12.1. The smallest absolute Gasteiger partial charge is 0.328 e. The number of carbonyl (C=O) groups excluding carboxylic acids is 4. The number of carbonyl (C=O) groups is 4. The maximum Gasteiger partial charge on any atom is 0.328 e. The Kier molecular flexibility index (Phi) is 13.7. The van der Waals surface area contributed by atoms with Crippen molar-refractivity contribution in [3.05, 3.63) is 0 Å². The van der Waals surface area contributed by atoms with Gasteiger partial charge in [-0.2, -0.15) is 0 Å². The van der Waals surface area contributed by atoms with E-state index in [2.05, 4.69) is 5.32 Å². The SMILES string of the molecule is CCSC1CC(=O)N(C)C1=O.CNC1CSC2CCC(C(=O)OC)N2C1=O.COC1CCC(OC)OC1.[HH].[HH]. The number of amides is 3. The van der Waals surface area contributed by atoms with Crippen molar-refractivity contribution in [3.8, 4) is 0 Å². The van der Waals surface area contributed by atoms with Gasteiger partial charge < -0.3 is 29.2 Å². The number of rotatable bonds is 6. The Bertz CT molecular complexity index is 780. The number of nitrogens with zero attached hydrogens (tertiary/aromatic N) is 2. The molecule has 4 aliphatic rings. The fraction of sp³-hybridized carbons (Fsp3) is 0.833. The van der Waals surface area contributed by atoms with Crippen molar-refractivity contribution in [1.29, 1.82) is 0 Å². The van der Waals surface area contributed by atoms with Crippen LogP contribution in [0.4, 0.5) is 0 Å². The van der Waals surface area contributed by atoms with Crippen LogP contribution in [0.2, 0.25) is 0 Å². The molecule has 4 saturated heterocycles. The van der Waals surface area contributed by atoms with Crippen LogP contribution >= 0.6 is 23.5 Å². The number of methoxy groups -OCH3 is 3. The van der Waals surface area contributed by atoms with Crippen LogP contribution in [0.25, 0.3) is 0 Å². The second-order valence-corrected chi connectivity index (χ2v) is 11.6. The van der Waals surface area contributed by atoms with Crippen LogP contribution in [0.5, 0.6) is 0 Å². The van der Waals surface area contributed by atoms with Crippen LogP contribution < -0.4 is 5.32 Å². The van der Waals surface area contributed by atoms with Crippen molar-refractivity contribution in [3.63, 3.8) is 0 Å². The van der Waals surface area contributed by atoms with E-state index in [0.29, 0.717) is 19.4 Å². The number of nitrogens with one attached hydrogen (secondary N) is 1. The highest BCUT2D eigenvalue weighted by atomic mass is 32.2. The molecule has 0 aliphatic carbocycles. The molecular formula is C24H45N3O8S2. The molecule has 4 aliphatic heterocycles. The van der Waals surface area contributed by atoms with Crippen molar-refractivity contribution in [2.45, 2.75) is 74.1 Å². The average Bonchev–Trinajstić information content (AvgIpc) is 3.47. The Hall–Kier alpha value is -1.38. The van der Waals surface area contributed by atoms with Gasteiger partial charge >= 0.3 is 5.97 Å². The van der Waals surface area contributed by atoms with Crippen LogP contribution in [-0.2, 0) is 38.1 Å². The number of imide groups is 1. The summed E-state index contributed by atoms with van der Waals surface area (Å²) in [5.41, 5.74) is 0. The van der Waals surface area contributed by atoms with Crippen molar-refractivity contribution in [1.82, 2.24) is 15.1 Å². The van der Waals surface area contributed by atoms with Gasteiger partial charge in [0, 0.05) is 42.7 Å². The van der Waals surface area contributed by atoms with Crippen molar-refractivity contribution in [2.24, 2.45) is 0 Å². The third kappa shape index (κ3) is 8.56. The fourth-order valence-corrected chi connectivity index (χ4v) is 6.80. The molecule has 11 nitrogen and oxygen atoms in total. The molecule has 0 saturated carbocycles. The van der Waals surface area contributed by atoms with E-state index in [1.54, 1.807) is 56.7 Å². The van der Waals surface area contributed by atoms with Gasteiger partial charge in [0.2, 0.25) is 17.7 Å². The molecule has 3 amide bonds. The highest BCUT2D eigenvalue weighted by Gasteiger charge is 2.46. The number of esters is 1. The number of fused-ring (bicyclic) bond motifs is 1. The Morgan fingerprint density at radius 2 is 1.86 bits per heavy atom. The number of likely N-dealkylation sites (tertiary alicyclic amines) is 1. The van der Waals surface area contributed by atoms with Crippen molar-refractivity contribution in [2.75, 3.05) is 53.5 Å². The Morgan fingerprint density at radius 1 is 1.14 bits per heavy atom. The van der Waals surface area contributed by atoms with Crippen LogP contribution in [-0.4, -0.2) is 122 Å². The van der Waals surface area contributed by atoms with E-state index in [9.17, 15) is 19.2 Å². The van der Waals surface area contributed by atoms with Crippen LogP contribution in [0.3, 0.4) is 0 Å². The summed E-state index contributed by atoms with van der Waals surface area (Å²) in [6.07, 6.45) is 4.22. The number of hydrogen-bond donors (Lipinski definition) is 1. The first-order chi connectivity index (χ1) is 17.7. The molecule has 0 radical (unpaired) electrons. The molecule has 1 N–H and O–H groups in total. The molecule has 13 heteroatoms. The van der Waals surface area contributed by atoms with Crippen LogP contribution in [0.1, 0.15) is 41.9 Å². The first-order valence-electron chi connectivity index (χ1n) is 12.5. The lowest BCUT2D eigenvalue weighted by Crippen LogP contribution is -2.56. The van der Waals surface area contributed by atoms with Gasteiger partial charge in [0.05, 0.1) is 36.5 Å². The highest BCUT2D eigenvalue weighted by Crippen LogP contribution is 2.36. The standard InChI is InChI=1S/C10H16N2O3S.C7H11NO2S.C7H14O3.2H2/c1-11-6-5-16-8-4-3-7(10(14)15-2)12(8)9(6)13;1-3-11-5-4-6(9)8(2)7(5)10;1-8-6-3-4-7(9-2)10-5-6;;/h6-8,11H,3-5H2,1-2H3;5H,3-4H2,1-2H3;6-7H,3-5H2,1-2H3;2*1H. The molecule has 0 aromatic heterocycles. The molecule has 0 bridgehead atoms. The summed E-state index contributed by atoms with van der Waals surface area (Å²) in [6.45, 7) is 2.65. The van der Waals surface area contributed by atoms with E-state index in [4.69, 9.17) is 18.9 Å². The van der Waals surface area contributed by atoms with E-state index in [1.807, 2.05) is 6.92 Å². The van der Waals surface area contributed by atoms with E-state index in [1.165, 1.54) is 12.0 Å². The van der Waals surface area contributed by atoms with Gasteiger partial charge in [-0.05, 0) is 32.1 Å². The molecule has 6 atom stereocenters. The number of likely N-dealkylation sites (N-methyl/N-ethyl adjacent to an activating group) is 1. The molecule has 0 aromatic carbocycles. The van der Waals surface area contributed by atoms with E-state index in [0.717, 1.165) is 30.8 Å². The second kappa shape index (κ2) is 15.9. The van der Waals surface area contributed by atoms with Gasteiger partial charge in [-0.1, -0.05) is 6.92 Å². The highest BCUT2D eigenvalue weighted by molar-refractivity contribution is 8.00. The summed E-state index contributed by atoms with van der Waals surface area (Å²) < 4.78 is 20.1. The predicted octanol–water partition coefficient (Wildman–Crippen LogP) is 1.58. The van der Waals surface area contributed by atoms with E-state index >= 15 is 0 Å². The predicted molar refractivity (Wildman–Crippen MR) is 146 cm³/mol. The molecule has 4 heterocycles. The van der Waals surface area contributed by atoms with E-state index < -0.39 is 0 Å². The Balaban J connectivity index is 0.000000561. The van der Waals surface area contributed by atoms with Crippen LogP contribution in [0, 0.1) is 0 Å². The minimum Gasteiger partial charge on any atom is -0.467 e. The van der Waals surface area contributed by atoms with Gasteiger partial charge in [0.25, 0.3) is 0 Å². The van der Waals surface area contributed by atoms with Gasteiger partial charge in [-0.3, -0.25) is 19.3 Å². The molecule has 4 rings (SSSR count). The largest absolute Gasteiger partial charge is 0.467 e. The van der Waals surface area contributed by atoms with Gasteiger partial charge in [0.15, 0.2) is 6.29 Å². The minimum atomic E-state index is -0.383. The third-order valence-electron chi connectivity index (χ3n) is 6.66. The number of thioether (sulfide) groups is 2. The second-order valence-electron chi connectivity index (χ2n) is 8.86. The third-order valence-corrected chi connectivity index (χ3v) is 9.14. The number of hydrogen-bond acceptors (Lipinski definition) is 11. The summed E-state index contributed by atoms with van der Waals surface area (Å²) in [5, 5.41) is 3.02. The zero-order valence-electron chi connectivity index (χ0n) is 22.6. The van der Waals surface area contributed by atoms with Gasteiger partial charge in [-0.25, -0.2) is 4.79 Å². The Labute approximate surface area is 231 Å². The van der Waals surface area contributed by atoms with Gasteiger partial charge in [-0.15, -0.1) is 23.5 Å². The zero-order chi connectivity index (χ0) is 27.5. The average molecular weight is 568 g/mol. The molecule has 4 fully saturated rings. The molecular weight excluding hydrogens is 522 g/mol.